The lowest BCUT2D eigenvalue weighted by Crippen LogP contribution is -2.63. The number of aryl methyl sites for hydroxylation is 2. The van der Waals surface area contributed by atoms with Crippen LogP contribution in [0.3, 0.4) is 0 Å². The first kappa shape index (κ1) is 40.9. The first-order valence-electron chi connectivity index (χ1n) is 24.9. The van der Waals surface area contributed by atoms with E-state index < -0.39 is 5.41 Å². The first-order chi connectivity index (χ1) is 34.2. The fourth-order valence-electron chi connectivity index (χ4n) is 13.1. The van der Waals surface area contributed by atoms with Crippen LogP contribution in [0.4, 0.5) is 28.4 Å². The molecule has 1 spiro atoms. The van der Waals surface area contributed by atoms with Crippen LogP contribution in [0, 0.1) is 13.8 Å². The van der Waals surface area contributed by atoms with Crippen LogP contribution >= 0.6 is 0 Å². The van der Waals surface area contributed by atoms with Crippen LogP contribution in [0.15, 0.2) is 218 Å². The summed E-state index contributed by atoms with van der Waals surface area (Å²) >= 11 is 0. The highest BCUT2D eigenvalue weighted by Crippen LogP contribution is 2.65. The van der Waals surface area contributed by atoms with Gasteiger partial charge in [-0.3, -0.25) is 0 Å². The Morgan fingerprint density at radius 3 is 1.67 bits per heavy atom. The Balaban J connectivity index is 1.15. The van der Waals surface area contributed by atoms with E-state index in [1.54, 1.807) is 0 Å². The van der Waals surface area contributed by atoms with Crippen molar-refractivity contribution in [3.8, 4) is 55.6 Å². The normalized spacial score (nSPS) is 14.1. The Morgan fingerprint density at radius 2 is 0.971 bits per heavy atom. The summed E-state index contributed by atoms with van der Waals surface area (Å²) in [5.41, 5.74) is 29.9. The largest absolute Gasteiger partial charge is 0.376 e. The van der Waals surface area contributed by atoms with Crippen molar-refractivity contribution in [2.24, 2.45) is 0 Å². The van der Waals surface area contributed by atoms with Crippen LogP contribution in [-0.4, -0.2) is 6.85 Å². The minimum Gasteiger partial charge on any atom is -0.376 e. The Kier molecular flexibility index (Phi) is 8.72. The number of anilines is 5. The van der Waals surface area contributed by atoms with Crippen molar-refractivity contribution >= 4 is 46.2 Å². The average Bonchev–Trinajstić information content (AvgIpc) is 3.69. The summed E-state index contributed by atoms with van der Waals surface area (Å²) in [5.74, 6) is 0. The van der Waals surface area contributed by atoms with Gasteiger partial charge in [-0.15, -0.1) is 0 Å². The number of benzene rings is 10. The van der Waals surface area contributed by atoms with Gasteiger partial charge in [0.25, 0.3) is 0 Å². The van der Waals surface area contributed by atoms with E-state index in [0.717, 1.165) is 0 Å². The molecule has 0 saturated carbocycles. The van der Waals surface area contributed by atoms with Crippen molar-refractivity contribution in [3.05, 3.63) is 257 Å². The van der Waals surface area contributed by atoms with Crippen LogP contribution < -0.4 is 20.6 Å². The van der Waals surface area contributed by atoms with E-state index in [4.69, 9.17) is 0 Å². The van der Waals surface area contributed by atoms with Crippen LogP contribution in [0.2, 0.25) is 0 Å². The van der Waals surface area contributed by atoms with Gasteiger partial charge >= 0.3 is 6.85 Å². The number of para-hydroxylation sites is 2. The van der Waals surface area contributed by atoms with Gasteiger partial charge in [-0.1, -0.05) is 203 Å². The molecule has 0 radical (unpaired) electrons. The maximum Gasteiger partial charge on any atom is 0.333 e. The summed E-state index contributed by atoms with van der Waals surface area (Å²) in [6.07, 6.45) is 0. The topological polar surface area (TPSA) is 6.48 Å². The molecule has 0 fully saturated rings. The molecule has 3 aliphatic heterocycles. The first-order valence-corrected chi connectivity index (χ1v) is 24.9. The molecule has 1 aliphatic carbocycles. The molecular formula is C67H51BN2. The van der Waals surface area contributed by atoms with Crippen LogP contribution in [0.1, 0.15) is 59.7 Å². The number of nitrogens with zero attached hydrogens (tertiary/aromatic N) is 2. The van der Waals surface area contributed by atoms with Crippen molar-refractivity contribution in [1.82, 2.24) is 0 Å². The quantitative estimate of drug-likeness (QED) is 0.162. The smallest absolute Gasteiger partial charge is 0.333 e. The molecule has 10 aromatic carbocycles. The molecule has 0 unspecified atom stereocenters. The number of hydrogen-bond acceptors (Lipinski definition) is 2. The van der Waals surface area contributed by atoms with Gasteiger partial charge in [-0.2, -0.15) is 0 Å². The van der Waals surface area contributed by atoms with Crippen LogP contribution in [0.5, 0.6) is 0 Å². The van der Waals surface area contributed by atoms with Gasteiger partial charge in [0.2, 0.25) is 0 Å². The highest BCUT2D eigenvalue weighted by atomic mass is 15.2. The molecule has 0 N–H and O–H groups in total. The Hall–Kier alpha value is -8.14. The molecule has 2 nitrogen and oxygen atoms in total. The lowest BCUT2D eigenvalue weighted by molar-refractivity contribution is 0.590. The highest BCUT2D eigenvalue weighted by molar-refractivity contribution is 6.93. The third kappa shape index (κ3) is 5.58. The second kappa shape index (κ2) is 14.9. The zero-order valence-electron chi connectivity index (χ0n) is 40.3. The number of hydrogen-bond donors (Lipinski definition) is 0. The highest BCUT2D eigenvalue weighted by Gasteiger charge is 2.56. The summed E-state index contributed by atoms with van der Waals surface area (Å²) in [6, 6.07) is 83.2. The summed E-state index contributed by atoms with van der Waals surface area (Å²) in [4.78, 5) is 5.39. The molecule has 70 heavy (non-hydrogen) atoms. The van der Waals surface area contributed by atoms with Crippen LogP contribution in [-0.2, 0) is 10.8 Å². The second-order valence-electron chi connectivity index (χ2n) is 20.9. The number of fused-ring (bicyclic) bond motifs is 13. The standard InChI is InChI=1S/C67H51BN2/c1-42-20-18-21-43(2)63(42)47-38-53-51-28-19-32-57-65(51)70(60-33-17-16-31-56(60)67(57)54-29-14-12-26-49(54)50-27-13-15-30-55(50)67)68-58-36-34-46(44-22-8-6-9-23-44)39-61(58)69(62(40-47)64(53)68)59-37-35-48(66(3,4)5)41-52(59)45-24-10-7-11-25-45/h6-41H,1-5H3. The van der Waals surface area contributed by atoms with E-state index in [9.17, 15) is 0 Å². The molecule has 0 saturated heterocycles. The van der Waals surface area contributed by atoms with Gasteiger partial charge < -0.3 is 9.71 Å². The molecule has 10 aromatic rings. The van der Waals surface area contributed by atoms with Gasteiger partial charge in [0.05, 0.1) is 11.1 Å². The van der Waals surface area contributed by atoms with Gasteiger partial charge in [-0.05, 0) is 150 Å². The predicted octanol–water partition coefficient (Wildman–Crippen LogP) is 16.0. The van der Waals surface area contributed by atoms with E-state index >= 15 is 0 Å². The summed E-state index contributed by atoms with van der Waals surface area (Å²) in [5, 5.41) is 0. The summed E-state index contributed by atoms with van der Waals surface area (Å²) < 4.78 is 0. The minimum absolute atomic E-state index is 0.0460. The molecule has 14 rings (SSSR count). The molecule has 4 aliphatic rings. The van der Waals surface area contributed by atoms with Gasteiger partial charge in [-0.25, -0.2) is 0 Å². The Labute approximate surface area is 412 Å². The fraction of sp³-hybridized carbons (Fsp3) is 0.104. The number of rotatable bonds is 4. The maximum atomic E-state index is 2.75. The maximum absolute atomic E-state index is 2.75. The molecular weight excluding hydrogens is 844 g/mol. The molecule has 0 atom stereocenters. The molecule has 3 heterocycles. The molecule has 0 aromatic heterocycles. The van der Waals surface area contributed by atoms with E-state index in [2.05, 4.69) is 263 Å². The van der Waals surface area contributed by atoms with E-state index in [1.807, 2.05) is 0 Å². The van der Waals surface area contributed by atoms with E-state index in [-0.39, 0.29) is 12.3 Å². The summed E-state index contributed by atoms with van der Waals surface area (Å²) in [6.45, 7) is 11.4. The average molecular weight is 895 g/mol. The second-order valence-corrected chi connectivity index (χ2v) is 20.9. The lowest BCUT2D eigenvalue weighted by Gasteiger charge is -2.52. The molecule has 3 heteroatoms. The minimum atomic E-state index is -0.518. The van der Waals surface area contributed by atoms with Crippen molar-refractivity contribution in [2.45, 2.75) is 45.4 Å². The van der Waals surface area contributed by atoms with Crippen molar-refractivity contribution in [3.63, 3.8) is 0 Å². The van der Waals surface area contributed by atoms with Gasteiger partial charge in [0.1, 0.15) is 0 Å². The predicted molar refractivity (Wildman–Crippen MR) is 296 cm³/mol. The summed E-state index contributed by atoms with van der Waals surface area (Å²) in [7, 11) is 0. The van der Waals surface area contributed by atoms with Gasteiger partial charge in [0, 0.05) is 33.9 Å². The molecule has 0 amide bonds. The molecule has 332 valence electrons. The van der Waals surface area contributed by atoms with Crippen molar-refractivity contribution in [2.75, 3.05) is 9.71 Å². The monoisotopic (exact) mass is 894 g/mol. The van der Waals surface area contributed by atoms with E-state index in [0.29, 0.717) is 0 Å². The third-order valence-electron chi connectivity index (χ3n) is 16.1. The fourth-order valence-corrected chi connectivity index (χ4v) is 13.1. The van der Waals surface area contributed by atoms with Gasteiger partial charge in [0.15, 0.2) is 0 Å². The molecule has 0 bridgehead atoms. The Bertz CT molecular complexity index is 3740. The third-order valence-corrected chi connectivity index (χ3v) is 16.1. The zero-order valence-corrected chi connectivity index (χ0v) is 40.3. The van der Waals surface area contributed by atoms with Crippen LogP contribution in [0.25, 0.3) is 55.6 Å². The SMILES string of the molecule is Cc1cccc(C)c1-c1cc2c3c(c1)N(c1ccc(C(C)(C)C)cc1-c1ccccc1)c1cc(-c4ccccc4)ccc1B3N1c3ccccc3C3(c4ccccc4-c4ccccc43)c3cccc-2c31. The lowest BCUT2D eigenvalue weighted by atomic mass is 9.42. The zero-order chi connectivity index (χ0) is 47.0. The van der Waals surface area contributed by atoms with E-state index in [1.165, 1.54) is 134 Å². The Morgan fingerprint density at radius 1 is 0.386 bits per heavy atom. The van der Waals surface area contributed by atoms with Crippen molar-refractivity contribution < 1.29 is 0 Å². The van der Waals surface area contributed by atoms with Crippen molar-refractivity contribution in [1.29, 1.82) is 0 Å².